The number of nitrogens with zero attached hydrogens (tertiary/aromatic N) is 5. The van der Waals surface area contributed by atoms with E-state index in [9.17, 15) is 4.79 Å². The smallest absolute Gasteiger partial charge is 0.317 e. The molecule has 136 valence electrons. The molecular weight excluding hydrogens is 320 g/mol. The minimum atomic E-state index is -0.0368. The summed E-state index contributed by atoms with van der Waals surface area (Å²) in [5.74, 6) is 2.03. The molecular formula is C17H26N6O2. The van der Waals surface area contributed by atoms with Gasteiger partial charge in [-0.2, -0.15) is 0 Å². The van der Waals surface area contributed by atoms with Crippen molar-refractivity contribution >= 4 is 6.03 Å². The van der Waals surface area contributed by atoms with E-state index in [1.54, 1.807) is 12.6 Å². The van der Waals surface area contributed by atoms with Crippen molar-refractivity contribution in [2.24, 2.45) is 7.05 Å². The van der Waals surface area contributed by atoms with Gasteiger partial charge < -0.3 is 19.2 Å². The van der Waals surface area contributed by atoms with E-state index in [0.717, 1.165) is 31.0 Å². The second-order valence-corrected chi connectivity index (χ2v) is 6.77. The molecule has 25 heavy (non-hydrogen) atoms. The Bertz CT molecular complexity index is 681. The standard InChI is InChI=1S/C17H26N6O2/c1-21(2)14(15-7-5-9-25-15)10-18-17(24)23-8-4-6-13(11-23)16-20-19-12-22(16)3/h5,7,9,12-14H,4,6,8,10-11H2,1-3H3,(H,18,24)/t13-,14-/m0/s1. The maximum Gasteiger partial charge on any atom is 0.317 e. The van der Waals surface area contributed by atoms with Crippen molar-refractivity contribution in [1.82, 2.24) is 29.9 Å². The number of likely N-dealkylation sites (N-methyl/N-ethyl adjacent to an activating group) is 1. The Labute approximate surface area is 147 Å². The second kappa shape index (κ2) is 7.69. The molecule has 8 heteroatoms. The van der Waals surface area contributed by atoms with Crippen molar-refractivity contribution in [3.63, 3.8) is 0 Å². The molecule has 3 rings (SSSR count). The summed E-state index contributed by atoms with van der Waals surface area (Å²) in [5.41, 5.74) is 0. The summed E-state index contributed by atoms with van der Waals surface area (Å²) in [5, 5.41) is 11.2. The van der Waals surface area contributed by atoms with Gasteiger partial charge in [-0.15, -0.1) is 10.2 Å². The Morgan fingerprint density at radius 3 is 3.00 bits per heavy atom. The molecule has 0 spiro atoms. The summed E-state index contributed by atoms with van der Waals surface area (Å²) in [4.78, 5) is 16.5. The quantitative estimate of drug-likeness (QED) is 0.889. The molecule has 8 nitrogen and oxygen atoms in total. The average molecular weight is 346 g/mol. The van der Waals surface area contributed by atoms with Crippen molar-refractivity contribution in [2.45, 2.75) is 24.8 Å². The molecule has 1 fully saturated rings. The highest BCUT2D eigenvalue weighted by Crippen LogP contribution is 2.25. The van der Waals surface area contributed by atoms with Crippen LogP contribution in [0.5, 0.6) is 0 Å². The molecule has 0 aromatic carbocycles. The SMILES string of the molecule is CN(C)[C@@H](CNC(=O)N1CCC[C@H](c2nncn2C)C1)c1ccco1. The lowest BCUT2D eigenvalue weighted by molar-refractivity contribution is 0.171. The summed E-state index contributed by atoms with van der Waals surface area (Å²) in [6, 6.07) is 3.77. The third kappa shape index (κ3) is 4.01. The number of carbonyl (C=O) groups is 1. The topological polar surface area (TPSA) is 79.4 Å². The predicted molar refractivity (Wildman–Crippen MR) is 93.1 cm³/mol. The molecule has 1 N–H and O–H groups in total. The molecule has 0 bridgehead atoms. The van der Waals surface area contributed by atoms with E-state index in [-0.39, 0.29) is 18.0 Å². The zero-order chi connectivity index (χ0) is 17.8. The number of amides is 2. The van der Waals surface area contributed by atoms with Crippen LogP contribution in [0.15, 0.2) is 29.1 Å². The van der Waals surface area contributed by atoms with E-state index in [2.05, 4.69) is 15.5 Å². The van der Waals surface area contributed by atoms with E-state index in [1.165, 1.54) is 0 Å². The van der Waals surface area contributed by atoms with Gasteiger partial charge >= 0.3 is 6.03 Å². The van der Waals surface area contributed by atoms with E-state index >= 15 is 0 Å². The Balaban J connectivity index is 1.58. The van der Waals surface area contributed by atoms with Crippen molar-refractivity contribution in [2.75, 3.05) is 33.7 Å². The normalized spacial score (nSPS) is 19.2. The molecule has 0 unspecified atom stereocenters. The molecule has 2 amide bonds. The molecule has 2 aromatic heterocycles. The highest BCUT2D eigenvalue weighted by Gasteiger charge is 2.28. The van der Waals surface area contributed by atoms with Gasteiger partial charge in [-0.1, -0.05) is 0 Å². The molecule has 2 atom stereocenters. The van der Waals surface area contributed by atoms with E-state index < -0.39 is 0 Å². The molecule has 0 aliphatic carbocycles. The zero-order valence-corrected chi connectivity index (χ0v) is 15.1. The number of furan rings is 1. The maximum atomic E-state index is 12.6. The number of piperidine rings is 1. The Kier molecular flexibility index (Phi) is 5.37. The van der Waals surface area contributed by atoms with Crippen LogP contribution in [-0.2, 0) is 7.05 Å². The molecule has 1 aliphatic rings. The van der Waals surface area contributed by atoms with Crippen LogP contribution in [0.1, 0.15) is 36.4 Å². The Morgan fingerprint density at radius 1 is 1.52 bits per heavy atom. The van der Waals surface area contributed by atoms with Crippen molar-refractivity contribution in [3.8, 4) is 0 Å². The molecule has 3 heterocycles. The highest BCUT2D eigenvalue weighted by molar-refractivity contribution is 5.74. The number of urea groups is 1. The third-order valence-corrected chi connectivity index (χ3v) is 4.76. The molecule has 2 aromatic rings. The van der Waals surface area contributed by atoms with E-state index in [4.69, 9.17) is 4.42 Å². The van der Waals surface area contributed by atoms with Crippen LogP contribution >= 0.6 is 0 Å². The van der Waals surface area contributed by atoms with E-state index in [0.29, 0.717) is 13.1 Å². The van der Waals surface area contributed by atoms with Gasteiger partial charge in [0.05, 0.1) is 12.3 Å². The monoisotopic (exact) mass is 346 g/mol. The fraction of sp³-hybridized carbons (Fsp3) is 0.588. The molecule has 1 aliphatic heterocycles. The van der Waals surface area contributed by atoms with Crippen LogP contribution in [0.25, 0.3) is 0 Å². The minimum absolute atomic E-state index is 0.0123. The van der Waals surface area contributed by atoms with Gasteiger partial charge in [0.1, 0.15) is 17.9 Å². The largest absolute Gasteiger partial charge is 0.468 e. The predicted octanol–water partition coefficient (Wildman–Crippen LogP) is 1.60. The highest BCUT2D eigenvalue weighted by atomic mass is 16.3. The first-order valence-corrected chi connectivity index (χ1v) is 8.62. The van der Waals surface area contributed by atoms with Crippen LogP contribution in [0.2, 0.25) is 0 Å². The zero-order valence-electron chi connectivity index (χ0n) is 15.1. The summed E-state index contributed by atoms with van der Waals surface area (Å²) in [7, 11) is 5.90. The fourth-order valence-corrected chi connectivity index (χ4v) is 3.35. The van der Waals surface area contributed by atoms with Gasteiger partial charge in [-0.25, -0.2) is 4.79 Å². The molecule has 0 radical (unpaired) electrons. The van der Waals surface area contributed by atoms with Crippen LogP contribution in [0.4, 0.5) is 4.79 Å². The van der Waals surface area contributed by atoms with Crippen LogP contribution < -0.4 is 5.32 Å². The summed E-state index contributed by atoms with van der Waals surface area (Å²) in [6.07, 6.45) is 5.37. The lowest BCUT2D eigenvalue weighted by atomic mass is 9.97. The average Bonchev–Trinajstić information content (AvgIpc) is 3.26. The minimum Gasteiger partial charge on any atom is -0.468 e. The second-order valence-electron chi connectivity index (χ2n) is 6.77. The number of hydrogen-bond donors (Lipinski definition) is 1. The van der Waals surface area contributed by atoms with Crippen molar-refractivity contribution < 1.29 is 9.21 Å². The van der Waals surface area contributed by atoms with Crippen LogP contribution in [-0.4, -0.2) is 64.3 Å². The van der Waals surface area contributed by atoms with Crippen molar-refractivity contribution in [1.29, 1.82) is 0 Å². The maximum absolute atomic E-state index is 12.6. The number of aromatic nitrogens is 3. The number of aryl methyl sites for hydroxylation is 1. The van der Waals surface area contributed by atoms with Gasteiger partial charge in [-0.05, 0) is 39.1 Å². The first-order chi connectivity index (χ1) is 12.1. The summed E-state index contributed by atoms with van der Waals surface area (Å²) in [6.45, 7) is 1.95. The van der Waals surface area contributed by atoms with Crippen LogP contribution in [0, 0.1) is 0 Å². The lowest BCUT2D eigenvalue weighted by Gasteiger charge is -2.33. The van der Waals surface area contributed by atoms with Gasteiger partial charge in [0.25, 0.3) is 0 Å². The Hall–Kier alpha value is -2.35. The van der Waals surface area contributed by atoms with Crippen LogP contribution in [0.3, 0.4) is 0 Å². The number of nitrogens with one attached hydrogen (secondary N) is 1. The van der Waals surface area contributed by atoms with Gasteiger partial charge in [-0.3, -0.25) is 4.90 Å². The van der Waals surface area contributed by atoms with Gasteiger partial charge in [0.2, 0.25) is 0 Å². The first kappa shape index (κ1) is 17.5. The van der Waals surface area contributed by atoms with Gasteiger partial charge in [0.15, 0.2) is 0 Å². The molecule has 1 saturated heterocycles. The summed E-state index contributed by atoms with van der Waals surface area (Å²) < 4.78 is 7.42. The number of likely N-dealkylation sites (tertiary alicyclic amines) is 1. The summed E-state index contributed by atoms with van der Waals surface area (Å²) >= 11 is 0. The number of carbonyl (C=O) groups excluding carboxylic acids is 1. The first-order valence-electron chi connectivity index (χ1n) is 8.62. The Morgan fingerprint density at radius 2 is 2.36 bits per heavy atom. The van der Waals surface area contributed by atoms with E-state index in [1.807, 2.05) is 47.6 Å². The van der Waals surface area contributed by atoms with Crippen molar-refractivity contribution in [3.05, 3.63) is 36.3 Å². The molecule has 0 saturated carbocycles. The lowest BCUT2D eigenvalue weighted by Crippen LogP contribution is -2.47. The van der Waals surface area contributed by atoms with Gasteiger partial charge in [0, 0.05) is 32.6 Å². The third-order valence-electron chi connectivity index (χ3n) is 4.76. The number of hydrogen-bond acceptors (Lipinski definition) is 5. The fourth-order valence-electron chi connectivity index (χ4n) is 3.35. The number of rotatable bonds is 5.